The van der Waals surface area contributed by atoms with E-state index in [4.69, 9.17) is 9.47 Å². The second kappa shape index (κ2) is 7.44. The highest BCUT2D eigenvalue weighted by Gasteiger charge is 2.20. The van der Waals surface area contributed by atoms with Crippen LogP contribution in [0.25, 0.3) is 0 Å². The Balaban J connectivity index is 2.11. The largest absolute Gasteiger partial charge is 0.497 e. The molecule has 0 bridgehead atoms. The summed E-state index contributed by atoms with van der Waals surface area (Å²) in [5.74, 6) is 0.445. The Morgan fingerprint density at radius 2 is 1.73 bits per heavy atom. The maximum Gasteiger partial charge on any atom is 0.337 e. The van der Waals surface area contributed by atoms with Gasteiger partial charge in [0.2, 0.25) is 0 Å². The van der Waals surface area contributed by atoms with Crippen LogP contribution in [0.15, 0.2) is 54.6 Å². The van der Waals surface area contributed by atoms with Crippen LogP contribution in [0.2, 0.25) is 0 Å². The predicted molar refractivity (Wildman–Crippen MR) is 99.7 cm³/mol. The zero-order valence-electron chi connectivity index (χ0n) is 15.4. The van der Waals surface area contributed by atoms with Crippen molar-refractivity contribution in [3.8, 4) is 5.75 Å². The van der Waals surface area contributed by atoms with Crippen molar-refractivity contribution in [3.05, 3.63) is 82.7 Å². The summed E-state index contributed by atoms with van der Waals surface area (Å²) >= 11 is 0. The fraction of sp³-hybridized carbons (Fsp3) is 0.238. The third kappa shape index (κ3) is 3.47. The lowest BCUT2D eigenvalue weighted by Gasteiger charge is -2.21. The lowest BCUT2D eigenvalue weighted by atomic mass is 9.97. The number of carbonyl (C=O) groups is 1. The molecular formula is C21H22N2O3. The Morgan fingerprint density at radius 3 is 2.31 bits per heavy atom. The minimum atomic E-state index is -0.347. The topological polar surface area (TPSA) is 53.4 Å². The summed E-state index contributed by atoms with van der Waals surface area (Å²) in [6.07, 6.45) is 0. The fourth-order valence-corrected chi connectivity index (χ4v) is 3.11. The molecular weight excluding hydrogens is 328 g/mol. The molecule has 0 fully saturated rings. The molecule has 1 heterocycles. The van der Waals surface area contributed by atoms with Gasteiger partial charge in [-0.1, -0.05) is 24.3 Å². The first-order valence-corrected chi connectivity index (χ1v) is 8.38. The van der Waals surface area contributed by atoms with Crippen LogP contribution < -0.4 is 4.74 Å². The molecule has 2 aromatic carbocycles. The molecule has 1 aromatic heterocycles. The number of carbonyl (C=O) groups excluding carboxylic acids is 1. The number of methoxy groups -OCH3 is 2. The van der Waals surface area contributed by atoms with Gasteiger partial charge in [0, 0.05) is 5.69 Å². The van der Waals surface area contributed by atoms with Gasteiger partial charge < -0.3 is 9.47 Å². The van der Waals surface area contributed by atoms with E-state index < -0.39 is 0 Å². The number of hydrogen-bond donors (Lipinski definition) is 0. The summed E-state index contributed by atoms with van der Waals surface area (Å²) < 4.78 is 12.2. The number of aromatic nitrogens is 2. The van der Waals surface area contributed by atoms with E-state index in [1.807, 2.05) is 48.9 Å². The van der Waals surface area contributed by atoms with Gasteiger partial charge in [0.1, 0.15) is 11.8 Å². The van der Waals surface area contributed by atoms with Crippen LogP contribution in [0.1, 0.15) is 38.9 Å². The number of benzene rings is 2. The Bertz CT molecular complexity index is 913. The van der Waals surface area contributed by atoms with Crippen LogP contribution in [-0.4, -0.2) is 30.0 Å². The van der Waals surface area contributed by atoms with Gasteiger partial charge in [0.25, 0.3) is 0 Å². The molecule has 134 valence electrons. The number of rotatable bonds is 5. The maximum absolute atomic E-state index is 11.7. The van der Waals surface area contributed by atoms with Crippen LogP contribution >= 0.6 is 0 Å². The van der Waals surface area contributed by atoms with Crippen molar-refractivity contribution in [2.75, 3.05) is 14.2 Å². The van der Waals surface area contributed by atoms with Crippen LogP contribution in [-0.2, 0) is 4.74 Å². The van der Waals surface area contributed by atoms with Gasteiger partial charge in [0.05, 0.1) is 25.5 Å². The minimum Gasteiger partial charge on any atom is -0.497 e. The summed E-state index contributed by atoms with van der Waals surface area (Å²) in [4.78, 5) is 11.7. The van der Waals surface area contributed by atoms with E-state index in [0.29, 0.717) is 5.56 Å². The molecule has 0 saturated heterocycles. The van der Waals surface area contributed by atoms with E-state index in [1.54, 1.807) is 19.2 Å². The third-order valence-corrected chi connectivity index (χ3v) is 4.35. The van der Waals surface area contributed by atoms with Crippen LogP contribution in [0.5, 0.6) is 5.75 Å². The van der Waals surface area contributed by atoms with Gasteiger partial charge in [-0.05, 0) is 55.3 Å². The van der Waals surface area contributed by atoms with Crippen molar-refractivity contribution in [1.82, 2.24) is 9.78 Å². The van der Waals surface area contributed by atoms with Crippen LogP contribution in [0.3, 0.4) is 0 Å². The van der Waals surface area contributed by atoms with E-state index in [0.717, 1.165) is 28.3 Å². The third-order valence-electron chi connectivity index (χ3n) is 4.35. The molecule has 0 N–H and O–H groups in total. The quantitative estimate of drug-likeness (QED) is 0.654. The number of nitrogens with zero attached hydrogens (tertiary/aromatic N) is 2. The Morgan fingerprint density at radius 1 is 1.00 bits per heavy atom. The monoisotopic (exact) mass is 350 g/mol. The van der Waals surface area contributed by atoms with Crippen LogP contribution in [0.4, 0.5) is 0 Å². The fourth-order valence-electron chi connectivity index (χ4n) is 3.11. The highest BCUT2D eigenvalue weighted by molar-refractivity contribution is 5.89. The number of esters is 1. The molecule has 0 radical (unpaired) electrons. The Kier molecular flexibility index (Phi) is 5.07. The van der Waals surface area contributed by atoms with E-state index in [-0.39, 0.29) is 12.0 Å². The van der Waals surface area contributed by atoms with Crippen LogP contribution in [0, 0.1) is 13.8 Å². The van der Waals surface area contributed by atoms with Crippen molar-refractivity contribution in [2.45, 2.75) is 19.9 Å². The minimum absolute atomic E-state index is 0.120. The molecule has 0 spiro atoms. The molecule has 1 unspecified atom stereocenters. The average Bonchev–Trinajstić information content (AvgIpc) is 3.00. The summed E-state index contributed by atoms with van der Waals surface area (Å²) in [5, 5.41) is 4.68. The molecule has 5 nitrogen and oxygen atoms in total. The second-order valence-electron chi connectivity index (χ2n) is 6.16. The molecule has 0 aliphatic rings. The van der Waals surface area contributed by atoms with Crippen molar-refractivity contribution >= 4 is 5.97 Å². The first-order chi connectivity index (χ1) is 12.5. The average molecular weight is 350 g/mol. The van der Waals surface area contributed by atoms with Crippen molar-refractivity contribution in [2.24, 2.45) is 0 Å². The predicted octanol–water partition coefficient (Wildman–Crippen LogP) is 3.93. The summed E-state index contributed by atoms with van der Waals surface area (Å²) in [7, 11) is 3.04. The lowest BCUT2D eigenvalue weighted by molar-refractivity contribution is 0.0600. The molecule has 3 rings (SSSR count). The summed E-state index contributed by atoms with van der Waals surface area (Å²) in [6.45, 7) is 4.02. The van der Waals surface area contributed by atoms with E-state index in [9.17, 15) is 4.79 Å². The number of ether oxygens (including phenoxy) is 2. The van der Waals surface area contributed by atoms with Gasteiger partial charge >= 0.3 is 5.97 Å². The smallest absolute Gasteiger partial charge is 0.337 e. The zero-order valence-corrected chi connectivity index (χ0v) is 15.4. The van der Waals surface area contributed by atoms with E-state index in [2.05, 4.69) is 17.2 Å². The molecule has 0 aliphatic carbocycles. The maximum atomic E-state index is 11.7. The highest BCUT2D eigenvalue weighted by atomic mass is 16.5. The van der Waals surface area contributed by atoms with Gasteiger partial charge in [-0.25, -0.2) is 4.79 Å². The standard InChI is InChI=1S/C21H22N2O3/c1-14-12-15(2)23(22-14)20(18-6-5-7-19(13-18)25-3)16-8-10-17(11-9-16)21(24)26-4/h5-13,20H,1-4H3. The lowest BCUT2D eigenvalue weighted by Crippen LogP contribution is -2.16. The molecule has 3 aromatic rings. The first-order valence-electron chi connectivity index (χ1n) is 8.38. The Labute approximate surface area is 153 Å². The first kappa shape index (κ1) is 17.7. The van der Waals surface area contributed by atoms with Crippen molar-refractivity contribution in [1.29, 1.82) is 0 Å². The summed E-state index contributed by atoms with van der Waals surface area (Å²) in [5.41, 5.74) is 4.63. The second-order valence-corrected chi connectivity index (χ2v) is 6.16. The Hall–Kier alpha value is -3.08. The highest BCUT2D eigenvalue weighted by Crippen LogP contribution is 2.30. The zero-order chi connectivity index (χ0) is 18.7. The van der Waals surface area contributed by atoms with Crippen molar-refractivity contribution in [3.63, 3.8) is 0 Å². The number of aryl methyl sites for hydroxylation is 2. The van der Waals surface area contributed by atoms with Gasteiger partial charge in [-0.2, -0.15) is 5.10 Å². The molecule has 26 heavy (non-hydrogen) atoms. The van der Waals surface area contributed by atoms with E-state index in [1.165, 1.54) is 7.11 Å². The molecule has 1 atom stereocenters. The van der Waals surface area contributed by atoms with Gasteiger partial charge in [0.15, 0.2) is 0 Å². The normalized spacial score (nSPS) is 11.8. The molecule has 0 aliphatic heterocycles. The van der Waals surface area contributed by atoms with E-state index >= 15 is 0 Å². The van der Waals surface area contributed by atoms with Crippen molar-refractivity contribution < 1.29 is 14.3 Å². The molecule has 5 heteroatoms. The number of hydrogen-bond acceptors (Lipinski definition) is 4. The van der Waals surface area contributed by atoms with Gasteiger partial charge in [-0.3, -0.25) is 4.68 Å². The molecule has 0 amide bonds. The summed E-state index contributed by atoms with van der Waals surface area (Å²) in [6, 6.07) is 17.3. The SMILES string of the molecule is COC(=O)c1ccc(C(c2cccc(OC)c2)n2nc(C)cc2C)cc1. The molecule has 0 saturated carbocycles. The van der Waals surface area contributed by atoms with Gasteiger partial charge in [-0.15, -0.1) is 0 Å².